The molecule has 5 nitrogen and oxygen atoms in total. The highest BCUT2D eigenvalue weighted by Gasteiger charge is 2.33. The van der Waals surface area contributed by atoms with Crippen LogP contribution in [0.4, 0.5) is 10.5 Å². The number of benzene rings is 1. The number of amides is 2. The minimum Gasteiger partial charge on any atom is -0.396 e. The van der Waals surface area contributed by atoms with Crippen molar-refractivity contribution >= 4 is 11.7 Å². The van der Waals surface area contributed by atoms with E-state index in [-0.39, 0.29) is 18.1 Å². The molecule has 1 heterocycles. The van der Waals surface area contributed by atoms with E-state index in [1.165, 1.54) is 11.3 Å². The van der Waals surface area contributed by atoms with E-state index in [2.05, 4.69) is 41.4 Å². The van der Waals surface area contributed by atoms with E-state index in [1.54, 1.807) is 0 Å². The van der Waals surface area contributed by atoms with Gasteiger partial charge in [0.15, 0.2) is 0 Å². The zero-order valence-electron chi connectivity index (χ0n) is 15.9. The molecule has 0 unspecified atom stereocenters. The normalized spacial score (nSPS) is 16.6. The second kappa shape index (κ2) is 9.09. The van der Waals surface area contributed by atoms with Gasteiger partial charge in [-0.2, -0.15) is 0 Å². The summed E-state index contributed by atoms with van der Waals surface area (Å²) in [6.45, 7) is 4.53. The van der Waals surface area contributed by atoms with Crippen molar-refractivity contribution < 1.29 is 9.90 Å². The number of nitrogens with one attached hydrogen (secondary N) is 1. The maximum atomic E-state index is 12.3. The highest BCUT2D eigenvalue weighted by molar-refractivity contribution is 5.74. The van der Waals surface area contributed by atoms with Gasteiger partial charge in [0.2, 0.25) is 0 Å². The van der Waals surface area contributed by atoms with Gasteiger partial charge >= 0.3 is 6.03 Å². The van der Waals surface area contributed by atoms with Crippen LogP contribution in [0.3, 0.4) is 0 Å². The third-order valence-electron chi connectivity index (χ3n) is 5.57. The molecule has 1 aromatic rings. The fourth-order valence-corrected chi connectivity index (χ4v) is 3.37. The number of nitrogens with zero attached hydrogens (tertiary/aromatic N) is 2. The van der Waals surface area contributed by atoms with Gasteiger partial charge in [-0.15, -0.1) is 0 Å². The van der Waals surface area contributed by atoms with Gasteiger partial charge in [-0.1, -0.05) is 19.1 Å². The van der Waals surface area contributed by atoms with Crippen LogP contribution in [-0.2, 0) is 6.42 Å². The molecule has 1 aromatic carbocycles. The summed E-state index contributed by atoms with van der Waals surface area (Å²) < 4.78 is 0. The molecule has 0 saturated carbocycles. The lowest BCUT2D eigenvalue weighted by atomic mass is 9.77. The number of piperidine rings is 1. The molecule has 25 heavy (non-hydrogen) atoms. The second-order valence-electron chi connectivity index (χ2n) is 7.40. The average Bonchev–Trinajstić information content (AvgIpc) is 2.65. The predicted molar refractivity (Wildman–Crippen MR) is 103 cm³/mol. The van der Waals surface area contributed by atoms with Crippen molar-refractivity contribution in [2.24, 2.45) is 5.41 Å². The molecule has 1 fully saturated rings. The Morgan fingerprint density at radius 1 is 1.24 bits per heavy atom. The van der Waals surface area contributed by atoms with Crippen LogP contribution < -0.4 is 10.2 Å². The van der Waals surface area contributed by atoms with Crippen LogP contribution in [0.1, 0.15) is 38.2 Å². The molecule has 1 saturated heterocycles. The van der Waals surface area contributed by atoms with Gasteiger partial charge in [0.05, 0.1) is 0 Å². The Balaban J connectivity index is 1.67. The maximum absolute atomic E-state index is 12.3. The summed E-state index contributed by atoms with van der Waals surface area (Å²) in [4.78, 5) is 16.2. The quantitative estimate of drug-likeness (QED) is 0.746. The third kappa shape index (κ3) is 5.36. The zero-order chi connectivity index (χ0) is 18.3. The minimum absolute atomic E-state index is 0.0233. The second-order valence-corrected chi connectivity index (χ2v) is 7.40. The first-order valence-corrected chi connectivity index (χ1v) is 9.39. The first kappa shape index (κ1) is 19.6. The van der Waals surface area contributed by atoms with Gasteiger partial charge in [0.25, 0.3) is 0 Å². The number of anilines is 1. The van der Waals surface area contributed by atoms with E-state index >= 15 is 0 Å². The van der Waals surface area contributed by atoms with E-state index in [0.29, 0.717) is 6.54 Å². The Morgan fingerprint density at radius 3 is 2.40 bits per heavy atom. The standard InChI is InChI=1S/C20H33N3O2/c1-4-20(16-24)11-14-23(15-12-20)19(25)21-13-5-6-17-7-9-18(10-8-17)22(2)3/h7-10,24H,4-6,11-16H2,1-3H3,(H,21,25). The Hall–Kier alpha value is -1.75. The van der Waals surface area contributed by atoms with E-state index in [4.69, 9.17) is 0 Å². The van der Waals surface area contributed by atoms with Crippen molar-refractivity contribution in [1.29, 1.82) is 0 Å². The Labute approximate surface area is 152 Å². The van der Waals surface area contributed by atoms with Gasteiger partial charge in [-0.3, -0.25) is 0 Å². The first-order valence-electron chi connectivity index (χ1n) is 9.39. The molecule has 0 spiro atoms. The van der Waals surface area contributed by atoms with E-state index < -0.39 is 0 Å². The number of aliphatic hydroxyl groups excluding tert-OH is 1. The molecule has 0 aromatic heterocycles. The Bertz CT molecular complexity index is 528. The number of rotatable bonds is 7. The SMILES string of the molecule is CCC1(CO)CCN(C(=O)NCCCc2ccc(N(C)C)cc2)CC1. The molecule has 5 heteroatoms. The van der Waals surface area contributed by atoms with Crippen LogP contribution in [0, 0.1) is 5.41 Å². The summed E-state index contributed by atoms with van der Waals surface area (Å²) in [6.07, 6.45) is 4.68. The molecule has 2 rings (SSSR count). The van der Waals surface area contributed by atoms with E-state index in [9.17, 15) is 9.90 Å². The summed E-state index contributed by atoms with van der Waals surface area (Å²) in [7, 11) is 4.08. The van der Waals surface area contributed by atoms with Crippen molar-refractivity contribution in [3.63, 3.8) is 0 Å². The zero-order valence-corrected chi connectivity index (χ0v) is 15.9. The number of hydrogen-bond acceptors (Lipinski definition) is 3. The molecule has 0 atom stereocenters. The first-order chi connectivity index (χ1) is 12.0. The fourth-order valence-electron chi connectivity index (χ4n) is 3.37. The average molecular weight is 348 g/mol. The lowest BCUT2D eigenvalue weighted by Gasteiger charge is -2.40. The molecule has 0 aliphatic carbocycles. The lowest BCUT2D eigenvalue weighted by molar-refractivity contribution is 0.0520. The highest BCUT2D eigenvalue weighted by atomic mass is 16.3. The van der Waals surface area contributed by atoms with Crippen molar-refractivity contribution in [3.8, 4) is 0 Å². The lowest BCUT2D eigenvalue weighted by Crippen LogP contribution is -2.48. The van der Waals surface area contributed by atoms with Crippen LogP contribution in [-0.4, -0.2) is 56.4 Å². The summed E-state index contributed by atoms with van der Waals surface area (Å²) in [6, 6.07) is 8.60. The highest BCUT2D eigenvalue weighted by Crippen LogP contribution is 2.34. The third-order valence-corrected chi connectivity index (χ3v) is 5.57. The van der Waals surface area contributed by atoms with E-state index in [1.807, 2.05) is 19.0 Å². The van der Waals surface area contributed by atoms with Gasteiger partial charge in [0, 0.05) is 46.0 Å². The molecule has 2 N–H and O–H groups in total. The van der Waals surface area contributed by atoms with Crippen LogP contribution in [0.15, 0.2) is 24.3 Å². The monoisotopic (exact) mass is 347 g/mol. The van der Waals surface area contributed by atoms with Crippen LogP contribution in [0.2, 0.25) is 0 Å². The number of carbonyl (C=O) groups is 1. The molecule has 140 valence electrons. The van der Waals surface area contributed by atoms with Gasteiger partial charge in [-0.25, -0.2) is 4.79 Å². The maximum Gasteiger partial charge on any atom is 0.317 e. The fraction of sp³-hybridized carbons (Fsp3) is 0.650. The molecule has 0 radical (unpaired) electrons. The summed E-state index contributed by atoms with van der Waals surface area (Å²) in [5.41, 5.74) is 2.52. The van der Waals surface area contributed by atoms with Gasteiger partial charge in [0.1, 0.15) is 0 Å². The largest absolute Gasteiger partial charge is 0.396 e. The smallest absolute Gasteiger partial charge is 0.317 e. The Kier molecular flexibility index (Phi) is 7.12. The van der Waals surface area contributed by atoms with Crippen LogP contribution in [0.25, 0.3) is 0 Å². The summed E-state index contributed by atoms with van der Waals surface area (Å²) in [5, 5.41) is 12.6. The van der Waals surface area contributed by atoms with Crippen molar-refractivity contribution in [1.82, 2.24) is 10.2 Å². The van der Waals surface area contributed by atoms with Gasteiger partial charge < -0.3 is 20.2 Å². The van der Waals surface area contributed by atoms with E-state index in [0.717, 1.165) is 45.2 Å². The van der Waals surface area contributed by atoms with Crippen LogP contribution in [0.5, 0.6) is 0 Å². The molecular weight excluding hydrogens is 314 g/mol. The number of aliphatic hydroxyl groups is 1. The molecule has 2 amide bonds. The molecule has 0 bridgehead atoms. The Morgan fingerprint density at radius 2 is 1.88 bits per heavy atom. The number of aryl methyl sites for hydroxylation is 1. The summed E-state index contributed by atoms with van der Waals surface area (Å²) in [5.74, 6) is 0. The molecular formula is C20H33N3O2. The molecule has 1 aliphatic heterocycles. The van der Waals surface area contributed by atoms with Gasteiger partial charge in [-0.05, 0) is 55.2 Å². The predicted octanol–water partition coefficient (Wildman–Crippen LogP) is 2.88. The number of urea groups is 1. The number of likely N-dealkylation sites (tertiary alicyclic amines) is 1. The number of carbonyl (C=O) groups excluding carboxylic acids is 1. The minimum atomic E-state index is 0.0233. The van der Waals surface area contributed by atoms with Crippen molar-refractivity contribution in [2.45, 2.75) is 39.0 Å². The number of hydrogen-bond donors (Lipinski definition) is 2. The van der Waals surface area contributed by atoms with Crippen LogP contribution >= 0.6 is 0 Å². The summed E-state index contributed by atoms with van der Waals surface area (Å²) >= 11 is 0. The molecule has 1 aliphatic rings. The van der Waals surface area contributed by atoms with Crippen molar-refractivity contribution in [2.75, 3.05) is 45.2 Å². The van der Waals surface area contributed by atoms with Crippen molar-refractivity contribution in [3.05, 3.63) is 29.8 Å². The topological polar surface area (TPSA) is 55.8 Å².